The molecule has 0 saturated carbocycles. The second-order valence-corrected chi connectivity index (χ2v) is 6.15. The first kappa shape index (κ1) is 16.2. The number of nitrogens with zero attached hydrogens (tertiary/aromatic N) is 1. The fourth-order valence-electron chi connectivity index (χ4n) is 3.11. The van der Waals surface area contributed by atoms with E-state index in [1.807, 2.05) is 48.7 Å². The van der Waals surface area contributed by atoms with Gasteiger partial charge in [0.05, 0.1) is 19.3 Å². The molecular formula is C23H20N2O. The van der Waals surface area contributed by atoms with Gasteiger partial charge in [-0.3, -0.25) is 4.99 Å². The minimum atomic E-state index is 0.658. The highest BCUT2D eigenvalue weighted by atomic mass is 16.5. The highest BCUT2D eigenvalue weighted by Crippen LogP contribution is 2.31. The number of hydrogen-bond acceptors (Lipinski definition) is 2. The lowest BCUT2D eigenvalue weighted by atomic mass is 10.1. The second-order valence-electron chi connectivity index (χ2n) is 6.15. The van der Waals surface area contributed by atoms with Crippen molar-refractivity contribution in [2.24, 2.45) is 4.99 Å². The topological polar surface area (TPSA) is 37.4 Å². The number of aromatic amines is 1. The van der Waals surface area contributed by atoms with Crippen LogP contribution in [0.1, 0.15) is 11.1 Å². The van der Waals surface area contributed by atoms with E-state index in [-0.39, 0.29) is 0 Å². The molecule has 4 aromatic rings. The molecule has 0 spiro atoms. The van der Waals surface area contributed by atoms with Crippen molar-refractivity contribution in [3.63, 3.8) is 0 Å². The maximum absolute atomic E-state index is 5.41. The van der Waals surface area contributed by atoms with Gasteiger partial charge >= 0.3 is 0 Å². The molecule has 0 saturated heterocycles. The molecule has 0 bridgehead atoms. The van der Waals surface area contributed by atoms with Gasteiger partial charge in [0.15, 0.2) is 0 Å². The summed E-state index contributed by atoms with van der Waals surface area (Å²) >= 11 is 0. The molecule has 0 aliphatic heterocycles. The number of nitrogens with one attached hydrogen (secondary N) is 1. The summed E-state index contributed by atoms with van der Waals surface area (Å²) < 4.78 is 5.41. The van der Waals surface area contributed by atoms with Gasteiger partial charge in [-0.15, -0.1) is 0 Å². The minimum Gasteiger partial charge on any atom is -0.497 e. The van der Waals surface area contributed by atoms with E-state index >= 15 is 0 Å². The number of rotatable bonds is 5. The Bertz CT molecular complexity index is 1030. The number of hydrogen-bond donors (Lipinski definition) is 1. The monoisotopic (exact) mass is 340 g/mol. The number of ether oxygens (including phenoxy) is 1. The Morgan fingerprint density at radius 3 is 2.38 bits per heavy atom. The van der Waals surface area contributed by atoms with Crippen LogP contribution < -0.4 is 4.74 Å². The van der Waals surface area contributed by atoms with E-state index in [1.54, 1.807) is 7.11 Å². The summed E-state index contributed by atoms with van der Waals surface area (Å²) in [5.41, 5.74) is 5.57. The van der Waals surface area contributed by atoms with Crippen LogP contribution in [0.25, 0.3) is 22.2 Å². The van der Waals surface area contributed by atoms with E-state index in [4.69, 9.17) is 9.73 Å². The molecule has 1 heterocycles. The van der Waals surface area contributed by atoms with Crippen LogP contribution in [-0.2, 0) is 6.54 Å². The quantitative estimate of drug-likeness (QED) is 0.481. The highest BCUT2D eigenvalue weighted by Gasteiger charge is 2.12. The van der Waals surface area contributed by atoms with Gasteiger partial charge in [-0.25, -0.2) is 0 Å². The summed E-state index contributed by atoms with van der Waals surface area (Å²) in [7, 11) is 1.69. The van der Waals surface area contributed by atoms with Gasteiger partial charge in [0.2, 0.25) is 0 Å². The Balaban J connectivity index is 1.79. The van der Waals surface area contributed by atoms with Crippen molar-refractivity contribution in [1.29, 1.82) is 0 Å². The van der Waals surface area contributed by atoms with Crippen LogP contribution in [0.5, 0.6) is 5.75 Å². The molecule has 0 atom stereocenters. The number of methoxy groups -OCH3 is 1. The summed E-state index contributed by atoms with van der Waals surface area (Å²) in [6.07, 6.45) is 1.97. The Morgan fingerprint density at radius 1 is 0.923 bits per heavy atom. The molecule has 1 N–H and O–H groups in total. The van der Waals surface area contributed by atoms with E-state index in [9.17, 15) is 0 Å². The SMILES string of the molecule is COc1ccc2[nH]c(-c3ccccc3)c(C=NCc3ccccc3)c2c1. The van der Waals surface area contributed by atoms with Crippen molar-refractivity contribution in [2.75, 3.05) is 7.11 Å². The lowest BCUT2D eigenvalue weighted by Gasteiger charge is -2.02. The van der Waals surface area contributed by atoms with Crippen LogP contribution >= 0.6 is 0 Å². The van der Waals surface area contributed by atoms with Crippen molar-refractivity contribution >= 4 is 17.1 Å². The predicted molar refractivity (Wildman–Crippen MR) is 108 cm³/mol. The molecule has 0 fully saturated rings. The minimum absolute atomic E-state index is 0.658. The second kappa shape index (κ2) is 7.28. The average Bonchev–Trinajstić information content (AvgIpc) is 3.07. The fraction of sp³-hybridized carbons (Fsp3) is 0.0870. The van der Waals surface area contributed by atoms with Crippen LogP contribution in [0.4, 0.5) is 0 Å². The summed E-state index contributed by atoms with van der Waals surface area (Å²) in [6.45, 7) is 0.658. The summed E-state index contributed by atoms with van der Waals surface area (Å²) in [6, 6.07) is 26.7. The molecule has 0 amide bonds. The van der Waals surface area contributed by atoms with Crippen LogP contribution in [0.15, 0.2) is 83.9 Å². The molecular weight excluding hydrogens is 320 g/mol. The maximum Gasteiger partial charge on any atom is 0.119 e. The van der Waals surface area contributed by atoms with Crippen molar-refractivity contribution in [2.45, 2.75) is 6.54 Å². The normalized spacial score (nSPS) is 11.3. The zero-order valence-corrected chi connectivity index (χ0v) is 14.6. The van der Waals surface area contributed by atoms with Crippen LogP contribution in [0, 0.1) is 0 Å². The third-order valence-corrected chi connectivity index (χ3v) is 4.45. The Kier molecular flexibility index (Phi) is 4.52. The number of H-pyrrole nitrogens is 1. The number of aliphatic imine (C=N–C) groups is 1. The fourth-order valence-corrected chi connectivity index (χ4v) is 3.11. The molecule has 3 nitrogen and oxygen atoms in total. The third-order valence-electron chi connectivity index (χ3n) is 4.45. The lowest BCUT2D eigenvalue weighted by Crippen LogP contribution is -1.88. The molecule has 0 aliphatic carbocycles. The van der Waals surface area contributed by atoms with Crippen molar-refractivity contribution in [3.8, 4) is 17.0 Å². The van der Waals surface area contributed by atoms with Gasteiger partial charge < -0.3 is 9.72 Å². The number of aromatic nitrogens is 1. The first-order valence-electron chi connectivity index (χ1n) is 8.64. The molecule has 3 heteroatoms. The maximum atomic E-state index is 5.41. The molecule has 0 aliphatic rings. The highest BCUT2D eigenvalue weighted by molar-refractivity contribution is 6.06. The largest absolute Gasteiger partial charge is 0.497 e. The van der Waals surface area contributed by atoms with Crippen molar-refractivity contribution < 1.29 is 4.74 Å². The first-order chi connectivity index (χ1) is 12.8. The smallest absolute Gasteiger partial charge is 0.119 e. The van der Waals surface area contributed by atoms with E-state index in [2.05, 4.69) is 41.4 Å². The van der Waals surface area contributed by atoms with Crippen molar-refractivity contribution in [1.82, 2.24) is 4.98 Å². The Hall–Kier alpha value is -3.33. The average molecular weight is 340 g/mol. The first-order valence-corrected chi connectivity index (χ1v) is 8.64. The van der Waals surface area contributed by atoms with Gasteiger partial charge in [-0.1, -0.05) is 60.7 Å². The molecule has 4 rings (SSSR count). The lowest BCUT2D eigenvalue weighted by molar-refractivity contribution is 0.415. The van der Waals surface area contributed by atoms with Crippen molar-refractivity contribution in [3.05, 3.63) is 90.0 Å². The van der Waals surface area contributed by atoms with Gasteiger partial charge in [0, 0.05) is 22.7 Å². The van der Waals surface area contributed by atoms with E-state index < -0.39 is 0 Å². The van der Waals surface area contributed by atoms with E-state index in [0.717, 1.165) is 33.5 Å². The van der Waals surface area contributed by atoms with Crippen LogP contribution in [-0.4, -0.2) is 18.3 Å². The molecule has 3 aromatic carbocycles. The van der Waals surface area contributed by atoms with Crippen LogP contribution in [0.2, 0.25) is 0 Å². The third kappa shape index (κ3) is 3.24. The molecule has 0 radical (unpaired) electrons. The summed E-state index contributed by atoms with van der Waals surface area (Å²) in [5.74, 6) is 0.842. The molecule has 0 unspecified atom stereocenters. The predicted octanol–water partition coefficient (Wildman–Crippen LogP) is 5.46. The molecule has 128 valence electrons. The zero-order chi connectivity index (χ0) is 17.8. The molecule has 26 heavy (non-hydrogen) atoms. The standard InChI is InChI=1S/C23H20N2O/c1-26-19-12-13-22-20(14-19)21(16-24-15-17-8-4-2-5-9-17)23(25-22)18-10-6-3-7-11-18/h2-14,16,25H,15H2,1H3. The number of benzene rings is 3. The Morgan fingerprint density at radius 2 is 1.65 bits per heavy atom. The van der Waals surface area contributed by atoms with Gasteiger partial charge in [0.1, 0.15) is 5.75 Å². The van der Waals surface area contributed by atoms with E-state index in [1.165, 1.54) is 5.56 Å². The van der Waals surface area contributed by atoms with Gasteiger partial charge in [-0.2, -0.15) is 0 Å². The Labute approximate surface area is 153 Å². The summed E-state index contributed by atoms with van der Waals surface area (Å²) in [4.78, 5) is 8.22. The summed E-state index contributed by atoms with van der Waals surface area (Å²) in [5, 5.41) is 1.11. The zero-order valence-electron chi connectivity index (χ0n) is 14.6. The van der Waals surface area contributed by atoms with Crippen LogP contribution in [0.3, 0.4) is 0 Å². The van der Waals surface area contributed by atoms with Gasteiger partial charge in [-0.05, 0) is 29.3 Å². The molecule has 1 aromatic heterocycles. The van der Waals surface area contributed by atoms with E-state index in [0.29, 0.717) is 6.54 Å². The van der Waals surface area contributed by atoms with Gasteiger partial charge in [0.25, 0.3) is 0 Å². The number of fused-ring (bicyclic) bond motifs is 1.